The van der Waals surface area contributed by atoms with E-state index in [0.29, 0.717) is 6.04 Å². The summed E-state index contributed by atoms with van der Waals surface area (Å²) in [5.41, 5.74) is 4.40. The molecule has 5 rings (SSSR count). The SMILES string of the molecule is Cc1nc2c(s1)Nc1ccccc1N=C2N1CCN[C@@H](CCc2ccccc2)C1. The molecule has 148 valence electrons. The number of rotatable bonds is 3. The standard InChI is InChI=1S/C23H25N5S/c1-16-25-21-22(26-19-9-5-6-10-20(19)27-23(21)29-16)28-14-13-24-18(15-28)12-11-17-7-3-2-4-8-17/h2-10,18,24,27H,11-15H2,1H3/t18-/m0/s1. The molecule has 1 saturated heterocycles. The minimum absolute atomic E-state index is 0.446. The Kier molecular flexibility index (Phi) is 5.04. The summed E-state index contributed by atoms with van der Waals surface area (Å²) in [5.74, 6) is 0.994. The first-order valence-corrected chi connectivity index (χ1v) is 11.0. The number of amidine groups is 1. The first-order chi connectivity index (χ1) is 14.3. The number of aryl methyl sites for hydroxylation is 2. The monoisotopic (exact) mass is 403 g/mol. The van der Waals surface area contributed by atoms with Crippen LogP contribution in [0.15, 0.2) is 59.6 Å². The van der Waals surface area contributed by atoms with Crippen molar-refractivity contribution in [3.8, 4) is 0 Å². The molecule has 0 unspecified atom stereocenters. The van der Waals surface area contributed by atoms with Crippen molar-refractivity contribution < 1.29 is 0 Å². The van der Waals surface area contributed by atoms with Crippen LogP contribution in [0.1, 0.15) is 22.7 Å². The fraction of sp³-hybridized carbons (Fsp3) is 0.304. The zero-order valence-corrected chi connectivity index (χ0v) is 17.4. The zero-order valence-electron chi connectivity index (χ0n) is 16.6. The Hall–Kier alpha value is -2.70. The highest BCUT2D eigenvalue weighted by Crippen LogP contribution is 2.37. The summed E-state index contributed by atoms with van der Waals surface area (Å²) in [7, 11) is 0. The summed E-state index contributed by atoms with van der Waals surface area (Å²) >= 11 is 1.70. The maximum Gasteiger partial charge on any atom is 0.158 e. The molecule has 5 nitrogen and oxygen atoms in total. The molecule has 6 heteroatoms. The number of benzene rings is 2. The van der Waals surface area contributed by atoms with Crippen LogP contribution in [0.25, 0.3) is 0 Å². The van der Waals surface area contributed by atoms with E-state index in [1.54, 1.807) is 11.3 Å². The van der Waals surface area contributed by atoms with Gasteiger partial charge in [-0.3, -0.25) is 0 Å². The molecular formula is C23H25N5S. The Morgan fingerprint density at radius 3 is 2.83 bits per heavy atom. The van der Waals surface area contributed by atoms with Gasteiger partial charge in [0.2, 0.25) is 0 Å². The number of fused-ring (bicyclic) bond motifs is 2. The molecule has 0 spiro atoms. The van der Waals surface area contributed by atoms with E-state index in [9.17, 15) is 0 Å². The molecule has 0 bridgehead atoms. The van der Waals surface area contributed by atoms with Crippen LogP contribution in [-0.4, -0.2) is 41.4 Å². The Morgan fingerprint density at radius 2 is 1.93 bits per heavy atom. The zero-order chi connectivity index (χ0) is 19.6. The summed E-state index contributed by atoms with van der Waals surface area (Å²) in [6.45, 7) is 4.92. The summed E-state index contributed by atoms with van der Waals surface area (Å²) in [6.07, 6.45) is 2.20. The van der Waals surface area contributed by atoms with Gasteiger partial charge in [-0.05, 0) is 37.5 Å². The molecule has 3 heterocycles. The van der Waals surface area contributed by atoms with Gasteiger partial charge < -0.3 is 15.5 Å². The van der Waals surface area contributed by atoms with Gasteiger partial charge in [-0.25, -0.2) is 9.98 Å². The second-order valence-corrected chi connectivity index (χ2v) is 8.81. The predicted molar refractivity (Wildman–Crippen MR) is 121 cm³/mol. The molecule has 0 amide bonds. The summed E-state index contributed by atoms with van der Waals surface area (Å²) in [6, 6.07) is 19.4. The second kappa shape index (κ2) is 7.97. The van der Waals surface area contributed by atoms with Gasteiger partial charge in [0.05, 0.1) is 16.4 Å². The van der Waals surface area contributed by atoms with Crippen LogP contribution in [0.5, 0.6) is 0 Å². The number of para-hydroxylation sites is 2. The molecule has 1 aromatic heterocycles. The van der Waals surface area contributed by atoms with E-state index in [0.717, 1.165) is 65.4 Å². The quantitative estimate of drug-likeness (QED) is 0.676. The number of thiazole rings is 1. The van der Waals surface area contributed by atoms with Crippen molar-refractivity contribution in [2.75, 3.05) is 25.0 Å². The van der Waals surface area contributed by atoms with E-state index < -0.39 is 0 Å². The summed E-state index contributed by atoms with van der Waals surface area (Å²) in [5, 5.41) is 9.39. The Bertz CT molecular complexity index is 1030. The van der Waals surface area contributed by atoms with E-state index in [2.05, 4.69) is 64.9 Å². The normalized spacial score (nSPS) is 18.3. The molecule has 3 aromatic rings. The van der Waals surface area contributed by atoms with E-state index in [1.807, 2.05) is 12.1 Å². The van der Waals surface area contributed by atoms with Crippen LogP contribution in [0, 0.1) is 6.92 Å². The number of hydrogen-bond donors (Lipinski definition) is 2. The third kappa shape index (κ3) is 3.91. The van der Waals surface area contributed by atoms with Crippen LogP contribution in [0.3, 0.4) is 0 Å². The molecule has 1 atom stereocenters. The third-order valence-electron chi connectivity index (χ3n) is 5.50. The van der Waals surface area contributed by atoms with Gasteiger partial charge in [-0.2, -0.15) is 0 Å². The molecule has 0 radical (unpaired) electrons. The maximum atomic E-state index is 5.07. The number of anilines is 2. The molecule has 2 aliphatic rings. The lowest BCUT2D eigenvalue weighted by molar-refractivity contribution is 0.282. The highest BCUT2D eigenvalue weighted by Gasteiger charge is 2.28. The fourth-order valence-electron chi connectivity index (χ4n) is 4.05. The van der Waals surface area contributed by atoms with Crippen molar-refractivity contribution in [1.82, 2.24) is 15.2 Å². The lowest BCUT2D eigenvalue weighted by Gasteiger charge is -2.35. The molecule has 0 aliphatic carbocycles. The van der Waals surface area contributed by atoms with Gasteiger partial charge in [0.1, 0.15) is 10.7 Å². The topological polar surface area (TPSA) is 52.6 Å². The molecule has 2 aromatic carbocycles. The number of aromatic nitrogens is 1. The van der Waals surface area contributed by atoms with Crippen LogP contribution < -0.4 is 10.6 Å². The minimum atomic E-state index is 0.446. The Morgan fingerprint density at radius 1 is 1.10 bits per heavy atom. The van der Waals surface area contributed by atoms with Crippen molar-refractivity contribution in [2.24, 2.45) is 4.99 Å². The maximum absolute atomic E-state index is 5.07. The average molecular weight is 404 g/mol. The molecule has 0 saturated carbocycles. The lowest BCUT2D eigenvalue weighted by Crippen LogP contribution is -2.53. The molecule has 2 N–H and O–H groups in total. The number of nitrogens with zero attached hydrogens (tertiary/aromatic N) is 3. The van der Waals surface area contributed by atoms with Crippen LogP contribution in [0.2, 0.25) is 0 Å². The minimum Gasteiger partial charge on any atom is -0.352 e. The van der Waals surface area contributed by atoms with Gasteiger partial charge in [0.25, 0.3) is 0 Å². The van der Waals surface area contributed by atoms with Gasteiger partial charge in [-0.15, -0.1) is 11.3 Å². The summed E-state index contributed by atoms with van der Waals surface area (Å²) in [4.78, 5) is 12.3. The smallest absolute Gasteiger partial charge is 0.158 e. The number of nitrogens with one attached hydrogen (secondary N) is 2. The first-order valence-electron chi connectivity index (χ1n) is 10.2. The van der Waals surface area contributed by atoms with Gasteiger partial charge >= 0.3 is 0 Å². The van der Waals surface area contributed by atoms with E-state index >= 15 is 0 Å². The average Bonchev–Trinajstić information content (AvgIpc) is 3.04. The van der Waals surface area contributed by atoms with Gasteiger partial charge in [0.15, 0.2) is 5.84 Å². The molecule has 29 heavy (non-hydrogen) atoms. The van der Waals surface area contributed by atoms with Crippen molar-refractivity contribution in [3.05, 3.63) is 70.9 Å². The van der Waals surface area contributed by atoms with Crippen LogP contribution in [0.4, 0.5) is 16.4 Å². The van der Waals surface area contributed by atoms with Crippen molar-refractivity contribution in [1.29, 1.82) is 0 Å². The Balaban J connectivity index is 1.40. The van der Waals surface area contributed by atoms with Gasteiger partial charge in [-0.1, -0.05) is 42.5 Å². The highest BCUT2D eigenvalue weighted by atomic mass is 32.1. The number of aliphatic imine (C=N–C) groups is 1. The molecule has 2 aliphatic heterocycles. The second-order valence-electron chi connectivity index (χ2n) is 7.61. The van der Waals surface area contributed by atoms with E-state index in [-0.39, 0.29) is 0 Å². The third-order valence-corrected chi connectivity index (χ3v) is 6.39. The van der Waals surface area contributed by atoms with Gasteiger partial charge in [0, 0.05) is 25.7 Å². The first kappa shape index (κ1) is 18.3. The van der Waals surface area contributed by atoms with Crippen molar-refractivity contribution in [3.63, 3.8) is 0 Å². The van der Waals surface area contributed by atoms with E-state index in [1.165, 1.54) is 5.56 Å². The van der Waals surface area contributed by atoms with E-state index in [4.69, 9.17) is 9.98 Å². The predicted octanol–water partition coefficient (Wildman–Crippen LogP) is 4.49. The Labute approximate surface area is 175 Å². The molecule has 1 fully saturated rings. The highest BCUT2D eigenvalue weighted by molar-refractivity contribution is 7.16. The lowest BCUT2D eigenvalue weighted by atomic mass is 10.0. The summed E-state index contributed by atoms with van der Waals surface area (Å²) < 4.78 is 0. The van der Waals surface area contributed by atoms with Crippen molar-refractivity contribution >= 4 is 33.5 Å². The fourth-order valence-corrected chi connectivity index (χ4v) is 4.87. The van der Waals surface area contributed by atoms with Crippen LogP contribution >= 0.6 is 11.3 Å². The van der Waals surface area contributed by atoms with Crippen LogP contribution in [-0.2, 0) is 6.42 Å². The number of hydrogen-bond acceptors (Lipinski definition) is 6. The van der Waals surface area contributed by atoms with Crippen molar-refractivity contribution in [2.45, 2.75) is 25.8 Å². The number of piperazine rings is 1. The largest absolute Gasteiger partial charge is 0.352 e. The molecular weight excluding hydrogens is 378 g/mol.